The molecule has 2 aromatic carbocycles. The van der Waals surface area contributed by atoms with Crippen LogP contribution >= 0.6 is 11.6 Å². The van der Waals surface area contributed by atoms with Crippen LogP contribution in [0.2, 0.25) is 5.02 Å². The fourth-order valence-corrected chi connectivity index (χ4v) is 3.06. The summed E-state index contributed by atoms with van der Waals surface area (Å²) in [5.41, 5.74) is -0.202. The summed E-state index contributed by atoms with van der Waals surface area (Å²) in [6.07, 6.45) is -8.68. The van der Waals surface area contributed by atoms with Gasteiger partial charge in [0.05, 0.1) is 22.0 Å². The van der Waals surface area contributed by atoms with Gasteiger partial charge < -0.3 is 15.4 Å². The Labute approximate surface area is 196 Å². The summed E-state index contributed by atoms with van der Waals surface area (Å²) in [4.78, 5) is 8.67. The van der Waals surface area contributed by atoms with Gasteiger partial charge in [-0.3, -0.25) is 0 Å². The Morgan fingerprint density at radius 2 is 1.74 bits per heavy atom. The number of hydrogen-bond donors (Lipinski definition) is 2. The van der Waals surface area contributed by atoms with Crippen molar-refractivity contribution in [1.82, 2.24) is 9.97 Å². The molecule has 0 aliphatic carbocycles. The molecular weight excluding hydrogens is 486 g/mol. The molecule has 0 amide bonds. The largest absolute Gasteiger partial charge is 0.573 e. The summed E-state index contributed by atoms with van der Waals surface area (Å²) in [6.45, 7) is 3.81. The molecule has 3 rings (SSSR count). The molecule has 182 valence electrons. The van der Waals surface area contributed by atoms with Crippen molar-refractivity contribution in [3.63, 3.8) is 0 Å². The summed E-state index contributed by atoms with van der Waals surface area (Å²) in [5, 5.41) is 5.73. The minimum atomic E-state index is -4.86. The molecule has 0 fully saturated rings. The second-order valence-corrected chi connectivity index (χ2v) is 7.72. The number of ether oxygens (including phenoxy) is 1. The van der Waals surface area contributed by atoms with Crippen molar-refractivity contribution in [1.29, 1.82) is 0 Å². The molecule has 2 N–H and O–H groups in total. The van der Waals surface area contributed by atoms with Crippen molar-refractivity contribution >= 4 is 29.1 Å². The Morgan fingerprint density at radius 3 is 2.35 bits per heavy atom. The van der Waals surface area contributed by atoms with Gasteiger partial charge in [-0.05, 0) is 43.7 Å². The summed E-state index contributed by atoms with van der Waals surface area (Å²) in [5.74, 6) is -0.0977. The number of nitrogens with zero attached hydrogens (tertiary/aromatic N) is 2. The third-order valence-corrected chi connectivity index (χ3v) is 4.95. The maximum Gasteiger partial charge on any atom is 0.573 e. The van der Waals surface area contributed by atoms with Crippen LogP contribution in [0.1, 0.15) is 25.8 Å². The van der Waals surface area contributed by atoms with Crippen LogP contribution in [0.25, 0.3) is 11.3 Å². The van der Waals surface area contributed by atoms with Gasteiger partial charge in [-0.2, -0.15) is 18.2 Å². The predicted molar refractivity (Wildman–Crippen MR) is 117 cm³/mol. The first kappa shape index (κ1) is 25.4. The van der Waals surface area contributed by atoms with Gasteiger partial charge in [0.1, 0.15) is 11.6 Å². The summed E-state index contributed by atoms with van der Waals surface area (Å²) in [7, 11) is 0. The highest BCUT2D eigenvalue weighted by Gasteiger charge is 2.32. The molecule has 5 nitrogen and oxygen atoms in total. The van der Waals surface area contributed by atoms with Crippen LogP contribution in [0.15, 0.2) is 48.5 Å². The van der Waals surface area contributed by atoms with Gasteiger partial charge in [0.25, 0.3) is 0 Å². The molecule has 0 saturated heterocycles. The van der Waals surface area contributed by atoms with Crippen LogP contribution in [0.3, 0.4) is 0 Å². The molecule has 0 unspecified atom stereocenters. The van der Waals surface area contributed by atoms with E-state index in [0.29, 0.717) is 5.56 Å². The lowest BCUT2D eigenvalue weighted by atomic mass is 10.1. The van der Waals surface area contributed by atoms with Gasteiger partial charge in [0.2, 0.25) is 5.95 Å². The van der Waals surface area contributed by atoms with E-state index in [1.54, 1.807) is 0 Å². The smallest absolute Gasteiger partial charge is 0.406 e. The first-order valence-electron chi connectivity index (χ1n) is 9.99. The first-order valence-corrected chi connectivity index (χ1v) is 10.4. The van der Waals surface area contributed by atoms with Crippen LogP contribution in [0.5, 0.6) is 5.75 Å². The molecule has 1 heterocycles. The van der Waals surface area contributed by atoms with Gasteiger partial charge in [-0.25, -0.2) is 4.98 Å². The molecule has 0 saturated carbocycles. The van der Waals surface area contributed by atoms with E-state index in [1.165, 1.54) is 18.2 Å². The van der Waals surface area contributed by atoms with Gasteiger partial charge in [0.15, 0.2) is 0 Å². The monoisotopic (exact) mass is 504 g/mol. The zero-order valence-electron chi connectivity index (χ0n) is 17.9. The molecule has 0 aliphatic heterocycles. The summed E-state index contributed by atoms with van der Waals surface area (Å²) in [6, 6.07) is 9.44. The topological polar surface area (TPSA) is 59.1 Å². The Kier molecular flexibility index (Phi) is 7.44. The van der Waals surface area contributed by atoms with Crippen molar-refractivity contribution < 1.29 is 31.1 Å². The molecular formula is C22H19ClF6N4O. The molecule has 0 radical (unpaired) electrons. The van der Waals surface area contributed by atoms with Crippen LogP contribution < -0.4 is 15.4 Å². The lowest BCUT2D eigenvalue weighted by molar-refractivity contribution is -0.274. The highest BCUT2D eigenvalue weighted by atomic mass is 35.5. The average Bonchev–Trinajstić information content (AvgIpc) is 2.73. The van der Waals surface area contributed by atoms with E-state index in [2.05, 4.69) is 25.3 Å². The lowest BCUT2D eigenvalue weighted by Crippen LogP contribution is -2.17. The van der Waals surface area contributed by atoms with Crippen molar-refractivity contribution in [2.24, 2.45) is 0 Å². The quantitative estimate of drug-likeness (QED) is 0.323. The normalized spacial score (nSPS) is 12.9. The van der Waals surface area contributed by atoms with Gasteiger partial charge >= 0.3 is 12.5 Å². The number of benzene rings is 2. The standard InChI is InChI=1S/C22H19ClF6N4O/c1-3-12(2)30-20-32-18(13-5-4-6-15(9-13)34-22(27,28)29)11-19(33-20)31-17-8-7-14(10-16(17)23)21(24,25)26/h4-12H,3H2,1-2H3,(H2,30,31,32,33)/t12-/m0/s1. The third kappa shape index (κ3) is 6.89. The molecule has 1 atom stereocenters. The number of anilines is 3. The van der Waals surface area contributed by atoms with Gasteiger partial charge in [-0.15, -0.1) is 13.2 Å². The van der Waals surface area contributed by atoms with E-state index in [4.69, 9.17) is 11.6 Å². The third-order valence-electron chi connectivity index (χ3n) is 4.64. The molecule has 12 heteroatoms. The van der Waals surface area contributed by atoms with E-state index in [0.717, 1.165) is 36.8 Å². The number of rotatable bonds is 7. The highest BCUT2D eigenvalue weighted by Crippen LogP contribution is 2.35. The highest BCUT2D eigenvalue weighted by molar-refractivity contribution is 6.33. The molecule has 1 aromatic heterocycles. The fourth-order valence-electron chi connectivity index (χ4n) is 2.83. The Morgan fingerprint density at radius 1 is 1.00 bits per heavy atom. The number of aromatic nitrogens is 2. The second-order valence-electron chi connectivity index (χ2n) is 7.31. The number of nitrogens with one attached hydrogen (secondary N) is 2. The average molecular weight is 505 g/mol. The SMILES string of the molecule is CC[C@H](C)Nc1nc(Nc2ccc(C(F)(F)F)cc2Cl)cc(-c2cccc(OC(F)(F)F)c2)n1. The minimum absolute atomic E-state index is 0.0299. The predicted octanol–water partition coefficient (Wildman–Crippen LogP) is 7.67. The van der Waals surface area contributed by atoms with E-state index < -0.39 is 23.9 Å². The van der Waals surface area contributed by atoms with Crippen molar-refractivity contribution in [2.45, 2.75) is 38.8 Å². The Hall–Kier alpha value is -3.21. The molecule has 0 aliphatic rings. The van der Waals surface area contributed by atoms with E-state index >= 15 is 0 Å². The zero-order valence-corrected chi connectivity index (χ0v) is 18.6. The lowest BCUT2D eigenvalue weighted by Gasteiger charge is -2.16. The Balaban J connectivity index is 2.00. The van der Waals surface area contributed by atoms with Crippen LogP contribution in [0, 0.1) is 0 Å². The van der Waals surface area contributed by atoms with Crippen molar-refractivity contribution in [3.05, 3.63) is 59.1 Å². The molecule has 0 spiro atoms. The van der Waals surface area contributed by atoms with Crippen LogP contribution in [-0.2, 0) is 6.18 Å². The minimum Gasteiger partial charge on any atom is -0.406 e. The fraction of sp³-hybridized carbons (Fsp3) is 0.273. The van der Waals surface area contributed by atoms with Gasteiger partial charge in [0, 0.05) is 17.7 Å². The van der Waals surface area contributed by atoms with Gasteiger partial charge in [-0.1, -0.05) is 30.7 Å². The van der Waals surface area contributed by atoms with Crippen LogP contribution in [0.4, 0.5) is 43.8 Å². The second kappa shape index (κ2) is 9.96. The number of hydrogen-bond acceptors (Lipinski definition) is 5. The van der Waals surface area contributed by atoms with Crippen molar-refractivity contribution in [2.75, 3.05) is 10.6 Å². The molecule has 34 heavy (non-hydrogen) atoms. The van der Waals surface area contributed by atoms with Crippen molar-refractivity contribution in [3.8, 4) is 17.0 Å². The maximum atomic E-state index is 12.9. The van der Waals surface area contributed by atoms with E-state index in [9.17, 15) is 26.3 Å². The number of alkyl halides is 6. The molecule has 3 aromatic rings. The summed E-state index contributed by atoms with van der Waals surface area (Å²) < 4.78 is 80.6. The maximum absolute atomic E-state index is 12.9. The molecule has 0 bridgehead atoms. The first-order chi connectivity index (χ1) is 15.8. The zero-order chi connectivity index (χ0) is 25.1. The van der Waals surface area contributed by atoms with E-state index in [-0.39, 0.29) is 34.2 Å². The summed E-state index contributed by atoms with van der Waals surface area (Å²) >= 11 is 6.03. The number of halogens is 7. The Bertz CT molecular complexity index is 1150. The van der Waals surface area contributed by atoms with Crippen LogP contribution in [-0.4, -0.2) is 22.4 Å². The van der Waals surface area contributed by atoms with E-state index in [1.807, 2.05) is 13.8 Å².